The minimum Gasteiger partial charge on any atom is -0.312 e. The Hall–Kier alpha value is -1.44. The number of hydrogen-bond acceptors (Lipinski definition) is 4. The van der Waals surface area contributed by atoms with Crippen LogP contribution in [0.2, 0.25) is 5.02 Å². The first kappa shape index (κ1) is 18.9. The minimum absolute atomic E-state index is 0.0668. The van der Waals surface area contributed by atoms with Crippen molar-refractivity contribution in [2.24, 2.45) is 10.9 Å². The predicted octanol–water partition coefficient (Wildman–Crippen LogP) is 2.97. The molecule has 6 nitrogen and oxygen atoms in total. The van der Waals surface area contributed by atoms with Gasteiger partial charge in [0.25, 0.3) is 5.91 Å². The van der Waals surface area contributed by atoms with E-state index >= 15 is 0 Å². The molecule has 2 aliphatic heterocycles. The molecule has 8 heteroatoms. The maximum absolute atomic E-state index is 12.9. The van der Waals surface area contributed by atoms with Crippen LogP contribution < -0.4 is 5.32 Å². The summed E-state index contributed by atoms with van der Waals surface area (Å²) in [5, 5.41) is 3.39. The first-order valence-electron chi connectivity index (χ1n) is 9.58. The molecule has 1 aliphatic carbocycles. The van der Waals surface area contributed by atoms with E-state index < -0.39 is 15.6 Å². The van der Waals surface area contributed by atoms with Crippen LogP contribution >= 0.6 is 11.6 Å². The Balaban J connectivity index is 1.49. The number of aliphatic imine (C=N–C) groups is 1. The average Bonchev–Trinajstić information content (AvgIpc) is 2.99. The van der Waals surface area contributed by atoms with Crippen molar-refractivity contribution < 1.29 is 13.2 Å². The third-order valence-electron chi connectivity index (χ3n) is 5.97. The fraction of sp³-hybridized carbons (Fsp3) is 0.579. The summed E-state index contributed by atoms with van der Waals surface area (Å²) in [7, 11) is -3.61. The molecule has 3 aliphatic rings. The number of halogens is 1. The van der Waals surface area contributed by atoms with Crippen LogP contribution in [-0.2, 0) is 14.8 Å². The van der Waals surface area contributed by atoms with Gasteiger partial charge in [-0.25, -0.2) is 8.42 Å². The lowest BCUT2D eigenvalue weighted by Crippen LogP contribution is -2.50. The van der Waals surface area contributed by atoms with Crippen molar-refractivity contribution in [2.45, 2.75) is 55.4 Å². The van der Waals surface area contributed by atoms with Gasteiger partial charge >= 0.3 is 0 Å². The van der Waals surface area contributed by atoms with Gasteiger partial charge in [-0.15, -0.1) is 0 Å². The number of benzene rings is 1. The third kappa shape index (κ3) is 3.52. The van der Waals surface area contributed by atoms with Crippen LogP contribution in [0.3, 0.4) is 0 Å². The van der Waals surface area contributed by atoms with E-state index in [4.69, 9.17) is 16.6 Å². The van der Waals surface area contributed by atoms with E-state index in [1.54, 1.807) is 18.2 Å². The van der Waals surface area contributed by atoms with E-state index in [1.165, 1.54) is 29.6 Å². The number of carbonyl (C=O) groups is 1. The van der Waals surface area contributed by atoms with Gasteiger partial charge in [0.1, 0.15) is 11.4 Å². The van der Waals surface area contributed by atoms with Crippen molar-refractivity contribution in [1.29, 1.82) is 0 Å². The van der Waals surface area contributed by atoms with Crippen molar-refractivity contribution in [3.05, 3.63) is 29.3 Å². The molecule has 146 valence electrons. The maximum atomic E-state index is 12.9. The van der Waals surface area contributed by atoms with Crippen LogP contribution in [0.4, 0.5) is 0 Å². The number of piperidine rings is 1. The summed E-state index contributed by atoms with van der Waals surface area (Å²) >= 11 is 5.94. The van der Waals surface area contributed by atoms with Gasteiger partial charge in [0.2, 0.25) is 10.0 Å². The molecule has 1 spiro atoms. The number of amides is 1. The Morgan fingerprint density at radius 3 is 2.52 bits per heavy atom. The second-order valence-electron chi connectivity index (χ2n) is 7.68. The number of carbonyl (C=O) groups excluding carboxylic acids is 1. The number of sulfonamides is 1. The summed E-state index contributed by atoms with van der Waals surface area (Å²) < 4.78 is 27.2. The van der Waals surface area contributed by atoms with E-state index in [0.29, 0.717) is 23.8 Å². The summed E-state index contributed by atoms with van der Waals surface area (Å²) in [6, 6.07) is 6.29. The molecule has 0 radical (unpaired) electrons. The van der Waals surface area contributed by atoms with E-state index in [9.17, 15) is 13.2 Å². The van der Waals surface area contributed by atoms with Crippen LogP contribution in [0.15, 0.2) is 34.2 Å². The monoisotopic (exact) mass is 409 g/mol. The first-order valence-corrected chi connectivity index (χ1v) is 11.4. The third-order valence-corrected chi connectivity index (χ3v) is 8.10. The number of rotatable bonds is 3. The lowest BCUT2D eigenvalue weighted by atomic mass is 9.88. The number of hydrogen-bond donors (Lipinski definition) is 1. The van der Waals surface area contributed by atoms with Crippen molar-refractivity contribution in [3.63, 3.8) is 0 Å². The van der Waals surface area contributed by atoms with Crippen molar-refractivity contribution in [3.8, 4) is 0 Å². The number of amidine groups is 1. The maximum Gasteiger partial charge on any atom is 0.253 e. The van der Waals surface area contributed by atoms with Gasteiger partial charge in [-0.3, -0.25) is 9.79 Å². The fourth-order valence-electron chi connectivity index (χ4n) is 4.32. The molecule has 0 aromatic heterocycles. The molecule has 2 heterocycles. The van der Waals surface area contributed by atoms with E-state index in [1.807, 2.05) is 0 Å². The van der Waals surface area contributed by atoms with Crippen molar-refractivity contribution >= 4 is 33.4 Å². The van der Waals surface area contributed by atoms with Gasteiger partial charge in [0.15, 0.2) is 0 Å². The van der Waals surface area contributed by atoms with Gasteiger partial charge in [-0.1, -0.05) is 36.9 Å². The molecular formula is C19H24ClN3O3S. The molecular weight excluding hydrogens is 386 g/mol. The second-order valence-corrected chi connectivity index (χ2v) is 10.1. The molecule has 4 rings (SSSR count). The molecule has 2 fully saturated rings. The summed E-state index contributed by atoms with van der Waals surface area (Å²) in [6.45, 7) is 0.563. The molecule has 1 saturated carbocycles. The number of nitrogens with zero attached hydrogens (tertiary/aromatic N) is 2. The molecule has 0 atom stereocenters. The summed E-state index contributed by atoms with van der Waals surface area (Å²) in [4.78, 5) is 17.7. The SMILES string of the molecule is O=C1NC(C2CCCCC2)=NC12CCN(S(=O)(=O)c1cccc(Cl)c1)CC2. The topological polar surface area (TPSA) is 78.8 Å². The van der Waals surface area contributed by atoms with Gasteiger partial charge in [-0.05, 0) is 43.9 Å². The molecule has 1 N–H and O–H groups in total. The molecule has 1 amide bonds. The van der Waals surface area contributed by atoms with Crippen LogP contribution in [0.5, 0.6) is 0 Å². The zero-order valence-electron chi connectivity index (χ0n) is 15.2. The lowest BCUT2D eigenvalue weighted by molar-refractivity contribution is -0.125. The van der Waals surface area contributed by atoms with Crippen LogP contribution in [-0.4, -0.2) is 43.1 Å². The van der Waals surface area contributed by atoms with Crippen molar-refractivity contribution in [1.82, 2.24) is 9.62 Å². The smallest absolute Gasteiger partial charge is 0.253 e. The Bertz CT molecular complexity index is 870. The molecule has 1 aromatic rings. The standard InChI is InChI=1S/C19H24ClN3O3S/c20-15-7-4-8-16(13-15)27(25,26)23-11-9-19(10-12-23)18(24)21-17(22-19)14-5-2-1-3-6-14/h4,7-8,13-14H,1-3,5-6,9-12H2,(H,21,22,24). The molecule has 1 aromatic carbocycles. The molecule has 0 unspecified atom stereocenters. The Morgan fingerprint density at radius 2 is 1.85 bits per heavy atom. The van der Waals surface area contributed by atoms with E-state index in [0.717, 1.165) is 18.7 Å². The molecule has 1 saturated heterocycles. The normalized spacial score (nSPS) is 24.0. The number of nitrogens with one attached hydrogen (secondary N) is 1. The Kier molecular flexibility index (Phi) is 5.03. The quantitative estimate of drug-likeness (QED) is 0.833. The fourth-order valence-corrected chi connectivity index (χ4v) is 6.07. The van der Waals surface area contributed by atoms with Gasteiger partial charge in [0.05, 0.1) is 4.90 Å². The molecule has 27 heavy (non-hydrogen) atoms. The van der Waals surface area contributed by atoms with E-state index in [2.05, 4.69) is 5.32 Å². The highest BCUT2D eigenvalue weighted by molar-refractivity contribution is 7.89. The summed E-state index contributed by atoms with van der Waals surface area (Å²) in [5.74, 6) is 1.10. The van der Waals surface area contributed by atoms with Crippen LogP contribution in [0.1, 0.15) is 44.9 Å². The Morgan fingerprint density at radius 1 is 1.15 bits per heavy atom. The predicted molar refractivity (Wildman–Crippen MR) is 104 cm³/mol. The van der Waals surface area contributed by atoms with Gasteiger partial charge < -0.3 is 5.32 Å². The van der Waals surface area contributed by atoms with Crippen LogP contribution in [0, 0.1) is 5.92 Å². The summed E-state index contributed by atoms with van der Waals surface area (Å²) in [5.41, 5.74) is -0.798. The second kappa shape index (κ2) is 7.18. The Labute approximate surface area is 165 Å². The zero-order valence-corrected chi connectivity index (χ0v) is 16.7. The minimum atomic E-state index is -3.61. The van der Waals surface area contributed by atoms with E-state index in [-0.39, 0.29) is 23.9 Å². The highest BCUT2D eigenvalue weighted by atomic mass is 35.5. The zero-order chi connectivity index (χ0) is 19.1. The summed E-state index contributed by atoms with van der Waals surface area (Å²) in [6.07, 6.45) is 6.58. The van der Waals surface area contributed by atoms with Gasteiger partial charge in [-0.2, -0.15) is 4.31 Å². The van der Waals surface area contributed by atoms with Crippen LogP contribution in [0.25, 0.3) is 0 Å². The largest absolute Gasteiger partial charge is 0.312 e. The lowest BCUT2D eigenvalue weighted by Gasteiger charge is -2.34. The molecule has 0 bridgehead atoms. The highest BCUT2D eigenvalue weighted by Gasteiger charge is 2.48. The first-order chi connectivity index (χ1) is 12.9. The van der Waals surface area contributed by atoms with Gasteiger partial charge in [0, 0.05) is 24.0 Å². The highest BCUT2D eigenvalue weighted by Crippen LogP contribution is 2.35. The average molecular weight is 410 g/mol. The van der Waals surface area contributed by atoms with Crippen molar-refractivity contribution in [2.75, 3.05) is 13.1 Å².